The van der Waals surface area contributed by atoms with Gasteiger partial charge in [0.05, 0.1) is 7.11 Å². The zero-order chi connectivity index (χ0) is 14.4. The van der Waals surface area contributed by atoms with Crippen LogP contribution in [0.1, 0.15) is 19.8 Å². The second-order valence-corrected chi connectivity index (χ2v) is 5.58. The highest BCUT2D eigenvalue weighted by Crippen LogP contribution is 2.22. The minimum absolute atomic E-state index is 0. The Balaban J connectivity index is 0.00000220. The van der Waals surface area contributed by atoms with E-state index in [0.717, 1.165) is 37.1 Å². The van der Waals surface area contributed by atoms with Gasteiger partial charge in [-0.15, -0.1) is 12.4 Å². The molecule has 1 saturated heterocycles. The fourth-order valence-electron chi connectivity index (χ4n) is 2.79. The molecule has 1 aliphatic heterocycles. The zero-order valence-electron chi connectivity index (χ0n) is 13.0. The molecule has 0 amide bonds. The van der Waals surface area contributed by atoms with E-state index in [4.69, 9.17) is 15.2 Å². The molecule has 120 valence electrons. The largest absolute Gasteiger partial charge is 0.497 e. The molecule has 0 bridgehead atoms. The standard InChI is InChI=1S/C16H26N2O2.ClH/c1-13-7-8-18(14(11-13)12-17)9-10-20-16-5-3-15(19-2)4-6-16;/h3-6,13-14H,7-12,17H2,1-2H3;1H. The number of benzene rings is 1. The maximum Gasteiger partial charge on any atom is 0.119 e. The number of hydrogen-bond acceptors (Lipinski definition) is 4. The van der Waals surface area contributed by atoms with E-state index in [2.05, 4.69) is 11.8 Å². The molecule has 0 spiro atoms. The second kappa shape index (κ2) is 9.13. The van der Waals surface area contributed by atoms with Crippen LogP contribution in [0.5, 0.6) is 11.5 Å². The number of likely N-dealkylation sites (tertiary alicyclic amines) is 1. The van der Waals surface area contributed by atoms with Gasteiger partial charge in [-0.05, 0) is 49.6 Å². The number of methoxy groups -OCH3 is 1. The first kappa shape index (κ1) is 18.1. The third-order valence-electron chi connectivity index (χ3n) is 4.08. The lowest BCUT2D eigenvalue weighted by Crippen LogP contribution is -2.47. The minimum Gasteiger partial charge on any atom is -0.497 e. The summed E-state index contributed by atoms with van der Waals surface area (Å²) in [6.07, 6.45) is 2.47. The van der Waals surface area contributed by atoms with Crippen LogP contribution in [0.3, 0.4) is 0 Å². The van der Waals surface area contributed by atoms with Crippen LogP contribution in [-0.4, -0.2) is 44.3 Å². The summed E-state index contributed by atoms with van der Waals surface area (Å²) in [5.74, 6) is 2.54. The van der Waals surface area contributed by atoms with Gasteiger partial charge in [0.15, 0.2) is 0 Å². The number of rotatable bonds is 6. The number of piperidine rings is 1. The molecule has 0 aromatic heterocycles. The number of nitrogens with two attached hydrogens (primary N) is 1. The van der Waals surface area contributed by atoms with Crippen molar-refractivity contribution >= 4 is 12.4 Å². The summed E-state index contributed by atoms with van der Waals surface area (Å²) >= 11 is 0. The Hall–Kier alpha value is -0.970. The van der Waals surface area contributed by atoms with E-state index >= 15 is 0 Å². The van der Waals surface area contributed by atoms with Crippen LogP contribution in [0, 0.1) is 5.92 Å². The average molecular weight is 315 g/mol. The lowest BCUT2D eigenvalue weighted by Gasteiger charge is -2.37. The van der Waals surface area contributed by atoms with Crippen molar-refractivity contribution in [2.45, 2.75) is 25.8 Å². The van der Waals surface area contributed by atoms with E-state index in [9.17, 15) is 0 Å². The van der Waals surface area contributed by atoms with Crippen molar-refractivity contribution < 1.29 is 9.47 Å². The minimum atomic E-state index is 0. The molecule has 2 rings (SSSR count). The van der Waals surface area contributed by atoms with E-state index < -0.39 is 0 Å². The molecular formula is C16H27ClN2O2. The van der Waals surface area contributed by atoms with E-state index in [-0.39, 0.29) is 12.4 Å². The molecule has 1 heterocycles. The van der Waals surface area contributed by atoms with Crippen LogP contribution in [0.2, 0.25) is 0 Å². The van der Waals surface area contributed by atoms with Crippen LogP contribution >= 0.6 is 12.4 Å². The Kier molecular flexibility index (Phi) is 7.86. The maximum absolute atomic E-state index is 5.87. The molecular weight excluding hydrogens is 288 g/mol. The summed E-state index contributed by atoms with van der Waals surface area (Å²) in [7, 11) is 1.67. The number of hydrogen-bond donors (Lipinski definition) is 1. The Morgan fingerprint density at radius 2 is 1.90 bits per heavy atom. The molecule has 2 atom stereocenters. The van der Waals surface area contributed by atoms with Gasteiger partial charge in [0.25, 0.3) is 0 Å². The van der Waals surface area contributed by atoms with Crippen LogP contribution < -0.4 is 15.2 Å². The molecule has 4 nitrogen and oxygen atoms in total. The van der Waals surface area contributed by atoms with Crippen molar-refractivity contribution in [3.63, 3.8) is 0 Å². The van der Waals surface area contributed by atoms with Gasteiger partial charge in [-0.25, -0.2) is 0 Å². The van der Waals surface area contributed by atoms with E-state index in [1.54, 1.807) is 7.11 Å². The van der Waals surface area contributed by atoms with Gasteiger partial charge in [-0.3, -0.25) is 4.90 Å². The number of nitrogens with zero attached hydrogens (tertiary/aromatic N) is 1. The highest BCUT2D eigenvalue weighted by atomic mass is 35.5. The molecule has 1 aromatic rings. The van der Waals surface area contributed by atoms with Crippen LogP contribution in [0.15, 0.2) is 24.3 Å². The molecule has 1 aromatic carbocycles. The van der Waals surface area contributed by atoms with Gasteiger partial charge in [-0.2, -0.15) is 0 Å². The third-order valence-corrected chi connectivity index (χ3v) is 4.08. The lowest BCUT2D eigenvalue weighted by atomic mass is 9.92. The summed E-state index contributed by atoms with van der Waals surface area (Å²) in [5.41, 5.74) is 5.87. The van der Waals surface area contributed by atoms with E-state index in [1.165, 1.54) is 12.8 Å². The summed E-state index contributed by atoms with van der Waals surface area (Å²) in [6.45, 7) is 5.84. The second-order valence-electron chi connectivity index (χ2n) is 5.58. The van der Waals surface area contributed by atoms with Gasteiger partial charge in [-0.1, -0.05) is 6.92 Å². The van der Waals surface area contributed by atoms with Crippen LogP contribution in [0.4, 0.5) is 0 Å². The first-order chi connectivity index (χ1) is 9.72. The monoisotopic (exact) mass is 314 g/mol. The highest BCUT2D eigenvalue weighted by Gasteiger charge is 2.24. The van der Waals surface area contributed by atoms with Crippen molar-refractivity contribution in [2.24, 2.45) is 11.7 Å². The quantitative estimate of drug-likeness (QED) is 0.876. The van der Waals surface area contributed by atoms with Crippen molar-refractivity contribution in [1.82, 2.24) is 4.90 Å². The molecule has 2 unspecified atom stereocenters. The van der Waals surface area contributed by atoms with Gasteiger partial charge >= 0.3 is 0 Å². The first-order valence-corrected chi connectivity index (χ1v) is 7.44. The number of ether oxygens (including phenoxy) is 2. The molecule has 0 radical (unpaired) electrons. The fraction of sp³-hybridized carbons (Fsp3) is 0.625. The Bertz CT molecular complexity index is 400. The number of halogens is 1. The summed E-state index contributed by atoms with van der Waals surface area (Å²) in [4.78, 5) is 2.46. The summed E-state index contributed by atoms with van der Waals surface area (Å²) in [5, 5.41) is 0. The van der Waals surface area contributed by atoms with Gasteiger partial charge in [0, 0.05) is 19.1 Å². The van der Waals surface area contributed by atoms with Crippen molar-refractivity contribution in [1.29, 1.82) is 0 Å². The molecule has 0 saturated carbocycles. The smallest absolute Gasteiger partial charge is 0.119 e. The van der Waals surface area contributed by atoms with Gasteiger partial charge < -0.3 is 15.2 Å². The summed E-state index contributed by atoms with van der Waals surface area (Å²) < 4.78 is 10.9. The molecule has 1 aliphatic rings. The van der Waals surface area contributed by atoms with Crippen molar-refractivity contribution in [3.05, 3.63) is 24.3 Å². The van der Waals surface area contributed by atoms with Crippen molar-refractivity contribution in [3.8, 4) is 11.5 Å². The van der Waals surface area contributed by atoms with Crippen molar-refractivity contribution in [2.75, 3.05) is 33.4 Å². The Morgan fingerprint density at radius 1 is 1.24 bits per heavy atom. The third kappa shape index (κ3) is 5.38. The molecule has 2 N–H and O–H groups in total. The first-order valence-electron chi connectivity index (χ1n) is 7.44. The van der Waals surface area contributed by atoms with Gasteiger partial charge in [0.1, 0.15) is 18.1 Å². The lowest BCUT2D eigenvalue weighted by molar-refractivity contribution is 0.103. The van der Waals surface area contributed by atoms with E-state index in [0.29, 0.717) is 12.6 Å². The van der Waals surface area contributed by atoms with Crippen LogP contribution in [-0.2, 0) is 0 Å². The zero-order valence-corrected chi connectivity index (χ0v) is 13.8. The van der Waals surface area contributed by atoms with E-state index in [1.807, 2.05) is 24.3 Å². The Morgan fingerprint density at radius 3 is 2.52 bits per heavy atom. The predicted molar refractivity (Wildman–Crippen MR) is 88.6 cm³/mol. The molecule has 0 aliphatic carbocycles. The van der Waals surface area contributed by atoms with Crippen LogP contribution in [0.25, 0.3) is 0 Å². The molecule has 5 heteroatoms. The normalized spacial score (nSPS) is 22.4. The topological polar surface area (TPSA) is 47.7 Å². The Labute approximate surface area is 134 Å². The SMILES string of the molecule is COc1ccc(OCCN2CCC(C)CC2CN)cc1.Cl. The molecule has 21 heavy (non-hydrogen) atoms. The fourth-order valence-corrected chi connectivity index (χ4v) is 2.79. The summed E-state index contributed by atoms with van der Waals surface area (Å²) in [6, 6.07) is 8.23. The van der Waals surface area contributed by atoms with Gasteiger partial charge in [0.2, 0.25) is 0 Å². The predicted octanol–water partition coefficient (Wildman–Crippen LogP) is 2.56. The highest BCUT2D eigenvalue weighted by molar-refractivity contribution is 5.85. The maximum atomic E-state index is 5.87. The average Bonchev–Trinajstić information content (AvgIpc) is 2.49. The molecule has 1 fully saturated rings.